The first-order chi connectivity index (χ1) is 6.77. The zero-order valence-corrected chi connectivity index (χ0v) is 7.86. The quantitative estimate of drug-likeness (QED) is 0.541. The SMILES string of the molecule is [CH2]COOC(=O)c1ccc(OC)cc1. The Labute approximate surface area is 82.3 Å². The van der Waals surface area contributed by atoms with E-state index in [1.54, 1.807) is 31.4 Å². The van der Waals surface area contributed by atoms with Crippen molar-refractivity contribution in [2.24, 2.45) is 0 Å². The Morgan fingerprint density at radius 3 is 2.50 bits per heavy atom. The summed E-state index contributed by atoms with van der Waals surface area (Å²) in [5, 5.41) is 0. The van der Waals surface area contributed by atoms with Crippen molar-refractivity contribution >= 4 is 5.97 Å². The lowest BCUT2D eigenvalue weighted by molar-refractivity contribution is -0.232. The van der Waals surface area contributed by atoms with Gasteiger partial charge in [-0.3, -0.25) is 4.89 Å². The van der Waals surface area contributed by atoms with Gasteiger partial charge < -0.3 is 4.74 Å². The molecular weight excluding hydrogens is 184 g/mol. The minimum absolute atomic E-state index is 0.0852. The van der Waals surface area contributed by atoms with Gasteiger partial charge in [-0.1, -0.05) is 0 Å². The fraction of sp³-hybridized carbons (Fsp3) is 0.200. The summed E-state index contributed by atoms with van der Waals surface area (Å²) >= 11 is 0. The molecule has 0 bridgehead atoms. The molecule has 1 rings (SSSR count). The normalized spacial score (nSPS) is 9.57. The lowest BCUT2D eigenvalue weighted by atomic mass is 10.2. The molecule has 1 radical (unpaired) electrons. The van der Waals surface area contributed by atoms with Gasteiger partial charge in [0.25, 0.3) is 0 Å². The predicted octanol–water partition coefficient (Wildman–Crippen LogP) is 1.62. The summed E-state index contributed by atoms with van der Waals surface area (Å²) in [7, 11) is 1.55. The summed E-state index contributed by atoms with van der Waals surface area (Å²) in [6.07, 6.45) is 0. The largest absolute Gasteiger partial charge is 0.497 e. The molecule has 0 aliphatic heterocycles. The Kier molecular flexibility index (Phi) is 3.94. The summed E-state index contributed by atoms with van der Waals surface area (Å²) in [4.78, 5) is 20.0. The lowest BCUT2D eigenvalue weighted by Crippen LogP contribution is -2.05. The number of rotatable bonds is 4. The number of carbonyl (C=O) groups excluding carboxylic acids is 1. The summed E-state index contributed by atoms with van der Waals surface area (Å²) in [6.45, 7) is 3.44. The third kappa shape index (κ3) is 2.74. The number of ether oxygens (including phenoxy) is 1. The van der Waals surface area contributed by atoms with Crippen molar-refractivity contribution in [3.8, 4) is 5.75 Å². The standard InChI is InChI=1S/C10H11O4/c1-3-13-14-10(11)8-4-6-9(12-2)7-5-8/h4-7H,1,3H2,2H3. The number of benzene rings is 1. The molecule has 0 saturated carbocycles. The van der Waals surface area contributed by atoms with Gasteiger partial charge in [0.15, 0.2) is 0 Å². The smallest absolute Gasteiger partial charge is 0.373 e. The average molecular weight is 195 g/mol. The predicted molar refractivity (Wildman–Crippen MR) is 49.7 cm³/mol. The molecule has 0 aliphatic rings. The summed E-state index contributed by atoms with van der Waals surface area (Å²) < 4.78 is 4.94. The second kappa shape index (κ2) is 5.24. The van der Waals surface area contributed by atoms with Crippen molar-refractivity contribution in [2.45, 2.75) is 0 Å². The van der Waals surface area contributed by atoms with Gasteiger partial charge >= 0.3 is 5.97 Å². The van der Waals surface area contributed by atoms with E-state index in [-0.39, 0.29) is 6.61 Å². The maximum atomic E-state index is 11.2. The van der Waals surface area contributed by atoms with Gasteiger partial charge in [-0.15, -0.1) is 0 Å². The lowest BCUT2D eigenvalue weighted by Gasteiger charge is -2.02. The van der Waals surface area contributed by atoms with E-state index < -0.39 is 5.97 Å². The van der Waals surface area contributed by atoms with Crippen molar-refractivity contribution in [3.63, 3.8) is 0 Å². The zero-order chi connectivity index (χ0) is 10.4. The van der Waals surface area contributed by atoms with E-state index in [2.05, 4.69) is 16.7 Å². The van der Waals surface area contributed by atoms with Crippen LogP contribution >= 0.6 is 0 Å². The Morgan fingerprint density at radius 2 is 2.00 bits per heavy atom. The highest BCUT2D eigenvalue weighted by Gasteiger charge is 2.07. The van der Waals surface area contributed by atoms with Crippen LogP contribution in [-0.4, -0.2) is 19.7 Å². The third-order valence-electron chi connectivity index (χ3n) is 1.54. The van der Waals surface area contributed by atoms with Crippen molar-refractivity contribution in [1.29, 1.82) is 0 Å². The maximum Gasteiger partial charge on any atom is 0.373 e. The first kappa shape index (κ1) is 10.5. The molecule has 0 aliphatic carbocycles. The van der Waals surface area contributed by atoms with Gasteiger partial charge in [0.1, 0.15) is 5.75 Å². The molecule has 4 heteroatoms. The highest BCUT2D eigenvalue weighted by atomic mass is 17.2. The van der Waals surface area contributed by atoms with E-state index in [0.717, 1.165) is 0 Å². The average Bonchev–Trinajstić information content (AvgIpc) is 2.26. The number of hydrogen-bond acceptors (Lipinski definition) is 4. The fourth-order valence-corrected chi connectivity index (χ4v) is 0.870. The topological polar surface area (TPSA) is 44.8 Å². The maximum absolute atomic E-state index is 11.2. The van der Waals surface area contributed by atoms with Crippen LogP contribution in [0.4, 0.5) is 0 Å². The monoisotopic (exact) mass is 195 g/mol. The molecule has 14 heavy (non-hydrogen) atoms. The van der Waals surface area contributed by atoms with Crippen LogP contribution in [0.2, 0.25) is 0 Å². The zero-order valence-electron chi connectivity index (χ0n) is 7.86. The molecule has 75 valence electrons. The van der Waals surface area contributed by atoms with Gasteiger partial charge in [0.05, 0.1) is 19.3 Å². The minimum Gasteiger partial charge on any atom is -0.497 e. The van der Waals surface area contributed by atoms with Crippen LogP contribution < -0.4 is 4.74 Å². The first-order valence-corrected chi connectivity index (χ1v) is 4.05. The van der Waals surface area contributed by atoms with Crippen molar-refractivity contribution in [2.75, 3.05) is 13.7 Å². The van der Waals surface area contributed by atoms with Crippen LogP contribution in [0.5, 0.6) is 5.75 Å². The van der Waals surface area contributed by atoms with E-state index in [9.17, 15) is 4.79 Å². The Morgan fingerprint density at radius 1 is 1.36 bits per heavy atom. The van der Waals surface area contributed by atoms with E-state index in [1.165, 1.54) is 0 Å². The Balaban J connectivity index is 2.62. The molecule has 0 unspecified atom stereocenters. The molecule has 1 aromatic rings. The Hall–Kier alpha value is -1.55. The molecule has 0 aromatic heterocycles. The highest BCUT2D eigenvalue weighted by Crippen LogP contribution is 2.11. The second-order valence-corrected chi connectivity index (χ2v) is 2.42. The van der Waals surface area contributed by atoms with E-state index in [0.29, 0.717) is 11.3 Å². The van der Waals surface area contributed by atoms with Gasteiger partial charge in [-0.25, -0.2) is 4.79 Å². The molecule has 1 aromatic carbocycles. The highest BCUT2D eigenvalue weighted by molar-refractivity contribution is 5.89. The first-order valence-electron chi connectivity index (χ1n) is 4.05. The van der Waals surface area contributed by atoms with Gasteiger partial charge in [0, 0.05) is 0 Å². The minimum atomic E-state index is -0.545. The van der Waals surface area contributed by atoms with Crippen LogP contribution in [0.25, 0.3) is 0 Å². The van der Waals surface area contributed by atoms with E-state index in [1.807, 2.05) is 0 Å². The summed E-state index contributed by atoms with van der Waals surface area (Å²) in [5.74, 6) is 0.135. The Bertz CT molecular complexity index is 291. The van der Waals surface area contributed by atoms with Crippen LogP contribution in [0.15, 0.2) is 24.3 Å². The van der Waals surface area contributed by atoms with Crippen LogP contribution in [0.1, 0.15) is 10.4 Å². The van der Waals surface area contributed by atoms with Crippen molar-refractivity contribution in [3.05, 3.63) is 36.8 Å². The summed E-state index contributed by atoms with van der Waals surface area (Å²) in [6, 6.07) is 6.52. The second-order valence-electron chi connectivity index (χ2n) is 2.42. The molecule has 0 saturated heterocycles. The summed E-state index contributed by atoms with van der Waals surface area (Å²) in [5.41, 5.74) is 0.402. The third-order valence-corrected chi connectivity index (χ3v) is 1.54. The fourth-order valence-electron chi connectivity index (χ4n) is 0.870. The van der Waals surface area contributed by atoms with E-state index in [4.69, 9.17) is 4.74 Å². The van der Waals surface area contributed by atoms with Crippen molar-refractivity contribution in [1.82, 2.24) is 0 Å². The molecule has 0 amide bonds. The molecule has 0 heterocycles. The van der Waals surface area contributed by atoms with E-state index >= 15 is 0 Å². The number of carbonyl (C=O) groups is 1. The molecule has 0 N–H and O–H groups in total. The number of hydrogen-bond donors (Lipinski definition) is 0. The molecule has 4 nitrogen and oxygen atoms in total. The molecule has 0 fully saturated rings. The van der Waals surface area contributed by atoms with Crippen LogP contribution in [0.3, 0.4) is 0 Å². The molecule has 0 spiro atoms. The van der Waals surface area contributed by atoms with Crippen LogP contribution in [-0.2, 0) is 9.78 Å². The molecular formula is C10H11O4. The van der Waals surface area contributed by atoms with Gasteiger partial charge in [0.2, 0.25) is 0 Å². The van der Waals surface area contributed by atoms with Gasteiger partial charge in [-0.2, -0.15) is 4.89 Å². The van der Waals surface area contributed by atoms with Crippen LogP contribution in [0, 0.1) is 6.92 Å². The number of methoxy groups -OCH3 is 1. The molecule has 0 atom stereocenters. The van der Waals surface area contributed by atoms with Crippen molar-refractivity contribution < 1.29 is 19.3 Å². The van der Waals surface area contributed by atoms with Gasteiger partial charge in [-0.05, 0) is 31.2 Å².